The first-order valence-electron chi connectivity index (χ1n) is 12.6. The maximum atomic E-state index is 5.12. The van der Waals surface area contributed by atoms with Crippen LogP contribution in [0.1, 0.15) is 52.4 Å². The molecule has 4 aromatic rings. The SMILES string of the molecule is CCCC[N+](C)(CCCC)CCCCn1c2ccccc2c2c1nc1ccccc1[n+]2C. The number of aromatic nitrogens is 3. The number of rotatable bonds is 11. The van der Waals surface area contributed by atoms with Gasteiger partial charge in [0, 0.05) is 12.6 Å². The Kier molecular flexibility index (Phi) is 7.10. The highest BCUT2D eigenvalue weighted by Crippen LogP contribution is 2.27. The first-order chi connectivity index (χ1) is 15.6. The van der Waals surface area contributed by atoms with E-state index in [1.165, 1.54) is 84.6 Å². The average Bonchev–Trinajstić information content (AvgIpc) is 3.13. The second-order valence-corrected chi connectivity index (χ2v) is 9.71. The largest absolute Gasteiger partial charge is 0.326 e. The van der Waals surface area contributed by atoms with Gasteiger partial charge in [0.2, 0.25) is 11.2 Å². The smallest absolute Gasteiger partial charge is 0.258 e. The van der Waals surface area contributed by atoms with Crippen molar-refractivity contribution in [3.63, 3.8) is 0 Å². The molecule has 0 unspecified atom stereocenters. The first kappa shape index (κ1) is 22.7. The number of nitrogens with zero attached hydrogens (tertiary/aromatic N) is 4. The van der Waals surface area contributed by atoms with Crippen molar-refractivity contribution in [3.8, 4) is 0 Å². The predicted molar refractivity (Wildman–Crippen MR) is 136 cm³/mol. The zero-order valence-electron chi connectivity index (χ0n) is 20.5. The fraction of sp³-hybridized carbons (Fsp3) is 0.500. The molecule has 4 nitrogen and oxygen atoms in total. The molecule has 32 heavy (non-hydrogen) atoms. The van der Waals surface area contributed by atoms with Crippen molar-refractivity contribution in [3.05, 3.63) is 48.5 Å². The molecule has 0 amide bonds. The molecule has 0 saturated heterocycles. The van der Waals surface area contributed by atoms with Gasteiger partial charge in [0.15, 0.2) is 0 Å². The van der Waals surface area contributed by atoms with Crippen LogP contribution in [0.15, 0.2) is 48.5 Å². The van der Waals surface area contributed by atoms with Crippen molar-refractivity contribution in [2.45, 2.75) is 58.9 Å². The highest BCUT2D eigenvalue weighted by Gasteiger charge is 2.23. The standard InChI is InChI=1S/C28H40N4/c1-5-7-20-32(4,21-8-6-2)22-14-13-19-31-25-17-11-9-15-23(25)27-28(31)29-24-16-10-12-18-26(24)30(27)3/h9-12,15-18H,5-8,13-14,19-22H2,1-4H3/q+2. The lowest BCUT2D eigenvalue weighted by Gasteiger charge is -2.35. The zero-order valence-corrected chi connectivity index (χ0v) is 20.5. The summed E-state index contributed by atoms with van der Waals surface area (Å²) in [6.45, 7) is 9.55. The Hall–Kier alpha value is -2.46. The summed E-state index contributed by atoms with van der Waals surface area (Å²) in [6, 6.07) is 17.3. The van der Waals surface area contributed by atoms with Gasteiger partial charge in [-0.15, -0.1) is 0 Å². The average molecular weight is 433 g/mol. The molecule has 0 atom stereocenters. The predicted octanol–water partition coefficient (Wildman–Crippen LogP) is 5.99. The highest BCUT2D eigenvalue weighted by molar-refractivity contribution is 6.03. The molecule has 0 bridgehead atoms. The van der Waals surface area contributed by atoms with Crippen molar-refractivity contribution in [2.24, 2.45) is 7.05 Å². The summed E-state index contributed by atoms with van der Waals surface area (Å²) in [5, 5.41) is 1.30. The topological polar surface area (TPSA) is 21.7 Å². The van der Waals surface area contributed by atoms with Crippen LogP contribution < -0.4 is 4.57 Å². The van der Waals surface area contributed by atoms with E-state index in [4.69, 9.17) is 4.98 Å². The summed E-state index contributed by atoms with van der Waals surface area (Å²) in [4.78, 5) is 5.12. The lowest BCUT2D eigenvalue weighted by molar-refractivity contribution is -0.910. The number of benzene rings is 2. The summed E-state index contributed by atoms with van der Waals surface area (Å²) >= 11 is 0. The van der Waals surface area contributed by atoms with Crippen LogP contribution in [0.5, 0.6) is 0 Å². The van der Waals surface area contributed by atoms with Gasteiger partial charge >= 0.3 is 0 Å². The van der Waals surface area contributed by atoms with Gasteiger partial charge in [-0.1, -0.05) is 51.0 Å². The van der Waals surface area contributed by atoms with Gasteiger partial charge in [-0.3, -0.25) is 0 Å². The Morgan fingerprint density at radius 2 is 1.50 bits per heavy atom. The van der Waals surface area contributed by atoms with Crippen LogP contribution >= 0.6 is 0 Å². The van der Waals surface area contributed by atoms with E-state index in [2.05, 4.69) is 85.6 Å². The minimum atomic E-state index is 1.02. The number of aryl methyl sites for hydroxylation is 2. The maximum absolute atomic E-state index is 5.12. The quantitative estimate of drug-likeness (QED) is 0.162. The van der Waals surface area contributed by atoms with Crippen LogP contribution in [0.3, 0.4) is 0 Å². The third-order valence-corrected chi connectivity index (χ3v) is 7.15. The molecule has 0 radical (unpaired) electrons. The molecule has 0 aliphatic heterocycles. The third-order valence-electron chi connectivity index (χ3n) is 7.15. The molecule has 2 aromatic carbocycles. The van der Waals surface area contributed by atoms with Crippen molar-refractivity contribution < 1.29 is 9.05 Å². The van der Waals surface area contributed by atoms with Crippen LogP contribution in [-0.2, 0) is 13.6 Å². The molecule has 4 rings (SSSR count). The van der Waals surface area contributed by atoms with E-state index < -0.39 is 0 Å². The number of quaternary nitrogens is 1. The molecule has 0 N–H and O–H groups in total. The third kappa shape index (κ3) is 4.52. The van der Waals surface area contributed by atoms with Gasteiger partial charge < -0.3 is 9.05 Å². The monoisotopic (exact) mass is 432 g/mol. The molecule has 2 heterocycles. The highest BCUT2D eigenvalue weighted by atomic mass is 15.3. The van der Waals surface area contributed by atoms with Crippen LogP contribution in [0.25, 0.3) is 33.1 Å². The maximum Gasteiger partial charge on any atom is 0.258 e. The van der Waals surface area contributed by atoms with Crippen LogP contribution in [0, 0.1) is 0 Å². The molecule has 0 spiro atoms. The van der Waals surface area contributed by atoms with E-state index in [0.717, 1.165) is 17.7 Å². The van der Waals surface area contributed by atoms with Crippen LogP contribution in [-0.4, -0.2) is 40.7 Å². The molecular formula is C28H40N4+2. The lowest BCUT2D eigenvalue weighted by atomic mass is 10.2. The summed E-state index contributed by atoms with van der Waals surface area (Å²) in [6.07, 6.45) is 7.70. The Morgan fingerprint density at radius 3 is 2.25 bits per heavy atom. The van der Waals surface area contributed by atoms with Gasteiger partial charge in [-0.25, -0.2) is 4.98 Å². The van der Waals surface area contributed by atoms with E-state index in [9.17, 15) is 0 Å². The molecule has 0 fully saturated rings. The van der Waals surface area contributed by atoms with E-state index >= 15 is 0 Å². The van der Waals surface area contributed by atoms with Crippen molar-refractivity contribution in [1.29, 1.82) is 0 Å². The lowest BCUT2D eigenvalue weighted by Crippen LogP contribution is -2.46. The zero-order chi connectivity index (χ0) is 22.6. The van der Waals surface area contributed by atoms with Gasteiger partial charge in [0.25, 0.3) is 5.52 Å². The fourth-order valence-corrected chi connectivity index (χ4v) is 5.20. The van der Waals surface area contributed by atoms with Crippen LogP contribution in [0.2, 0.25) is 0 Å². The minimum Gasteiger partial charge on any atom is -0.326 e. The normalized spacial score (nSPS) is 12.4. The summed E-state index contributed by atoms with van der Waals surface area (Å²) < 4.78 is 6.01. The van der Waals surface area contributed by atoms with Crippen molar-refractivity contribution in [1.82, 2.24) is 9.55 Å². The second kappa shape index (κ2) is 9.99. The molecule has 0 aliphatic rings. The summed E-state index contributed by atoms with van der Waals surface area (Å²) in [5.41, 5.74) is 5.90. The number of hydrogen-bond acceptors (Lipinski definition) is 1. The van der Waals surface area contributed by atoms with E-state index in [1.807, 2.05) is 0 Å². The molecule has 2 aromatic heterocycles. The van der Waals surface area contributed by atoms with E-state index in [-0.39, 0.29) is 0 Å². The number of fused-ring (bicyclic) bond motifs is 4. The number of hydrogen-bond donors (Lipinski definition) is 0. The summed E-state index contributed by atoms with van der Waals surface area (Å²) in [5.74, 6) is 0. The minimum absolute atomic E-state index is 1.02. The van der Waals surface area contributed by atoms with Gasteiger partial charge in [-0.2, -0.15) is 4.57 Å². The molecular weight excluding hydrogens is 392 g/mol. The summed E-state index contributed by atoms with van der Waals surface area (Å²) in [7, 11) is 4.65. The number of para-hydroxylation sites is 3. The Bertz CT molecular complexity index is 1180. The first-order valence-corrected chi connectivity index (χ1v) is 12.6. The molecule has 4 heteroatoms. The molecule has 0 saturated carbocycles. The molecule has 0 aliphatic carbocycles. The fourth-order valence-electron chi connectivity index (χ4n) is 5.20. The Labute approximate surface area is 193 Å². The van der Waals surface area contributed by atoms with Gasteiger partial charge in [0.1, 0.15) is 12.6 Å². The van der Waals surface area contributed by atoms with E-state index in [1.54, 1.807) is 0 Å². The van der Waals surface area contributed by atoms with Gasteiger partial charge in [-0.05, 0) is 43.9 Å². The van der Waals surface area contributed by atoms with Gasteiger partial charge in [0.05, 0.1) is 37.6 Å². The Morgan fingerprint density at radius 1 is 0.844 bits per heavy atom. The molecule has 170 valence electrons. The van der Waals surface area contributed by atoms with Crippen molar-refractivity contribution >= 4 is 33.1 Å². The Balaban J connectivity index is 1.60. The van der Waals surface area contributed by atoms with Crippen molar-refractivity contribution in [2.75, 3.05) is 26.7 Å². The second-order valence-electron chi connectivity index (χ2n) is 9.71. The van der Waals surface area contributed by atoms with E-state index in [0.29, 0.717) is 0 Å². The number of unbranched alkanes of at least 4 members (excludes halogenated alkanes) is 3. The van der Waals surface area contributed by atoms with Crippen LogP contribution in [0.4, 0.5) is 0 Å².